The number of benzene rings is 2. The smallest absolute Gasteiger partial charge is 0.223 e. The third-order valence-electron chi connectivity index (χ3n) is 5.22. The Morgan fingerprint density at radius 2 is 1.92 bits per heavy atom. The number of likely N-dealkylation sites (tertiary alicyclic amines) is 1. The van der Waals surface area contributed by atoms with Crippen molar-refractivity contribution >= 4 is 16.9 Å². The molecule has 1 fully saturated rings. The van der Waals surface area contributed by atoms with E-state index in [1.165, 1.54) is 5.56 Å². The Balaban J connectivity index is 1.80. The molecule has 0 aliphatic carbocycles. The molecule has 4 nitrogen and oxygen atoms in total. The van der Waals surface area contributed by atoms with Crippen LogP contribution in [0.4, 0.5) is 0 Å². The Morgan fingerprint density at radius 3 is 2.69 bits per heavy atom. The molecule has 3 aromatic rings. The summed E-state index contributed by atoms with van der Waals surface area (Å²) in [5, 5.41) is 0. The van der Waals surface area contributed by atoms with Crippen molar-refractivity contribution in [1.29, 1.82) is 0 Å². The highest BCUT2D eigenvalue weighted by Crippen LogP contribution is 2.34. The molecular weight excluding hydrogens is 322 g/mol. The zero-order valence-corrected chi connectivity index (χ0v) is 15.0. The topological polar surface area (TPSA) is 38.1 Å². The summed E-state index contributed by atoms with van der Waals surface area (Å²) >= 11 is 0. The Bertz CT molecular complexity index is 944. The van der Waals surface area contributed by atoms with E-state index in [1.54, 1.807) is 6.08 Å². The maximum atomic E-state index is 12.4. The minimum atomic E-state index is 0.112. The Hall–Kier alpha value is -2.88. The highest BCUT2D eigenvalue weighted by atomic mass is 16.2. The number of nitrogens with zero attached hydrogens (tertiary/aromatic N) is 3. The molecule has 0 spiro atoms. The van der Waals surface area contributed by atoms with Crippen LogP contribution in [-0.2, 0) is 4.79 Å². The van der Waals surface area contributed by atoms with Crippen molar-refractivity contribution < 1.29 is 4.79 Å². The Labute approximate surface area is 153 Å². The van der Waals surface area contributed by atoms with E-state index in [2.05, 4.69) is 48.4 Å². The zero-order valence-electron chi connectivity index (χ0n) is 15.0. The van der Waals surface area contributed by atoms with Gasteiger partial charge in [-0.3, -0.25) is 4.79 Å². The van der Waals surface area contributed by atoms with Crippen LogP contribution in [0.3, 0.4) is 0 Å². The quantitative estimate of drug-likeness (QED) is 0.652. The van der Waals surface area contributed by atoms with Crippen LogP contribution in [-0.4, -0.2) is 33.4 Å². The van der Waals surface area contributed by atoms with E-state index in [-0.39, 0.29) is 17.9 Å². The molecule has 26 heavy (non-hydrogen) atoms. The van der Waals surface area contributed by atoms with Crippen molar-refractivity contribution in [2.45, 2.75) is 25.3 Å². The second kappa shape index (κ2) is 6.79. The van der Waals surface area contributed by atoms with Gasteiger partial charge in [0.25, 0.3) is 0 Å². The third kappa shape index (κ3) is 2.81. The number of carbonyl (C=O) groups is 1. The predicted octanol–water partition coefficient (Wildman–Crippen LogP) is 4.15. The number of rotatable bonds is 5. The average molecular weight is 345 g/mol. The van der Waals surface area contributed by atoms with E-state index in [1.807, 2.05) is 29.2 Å². The first-order chi connectivity index (χ1) is 12.7. The molecule has 0 bridgehead atoms. The fourth-order valence-electron chi connectivity index (χ4n) is 3.92. The van der Waals surface area contributed by atoms with Crippen molar-refractivity contribution in [3.63, 3.8) is 0 Å². The van der Waals surface area contributed by atoms with Crippen LogP contribution in [0.1, 0.15) is 36.7 Å². The summed E-state index contributed by atoms with van der Waals surface area (Å²) in [6.45, 7) is 7.27. The molecular formula is C22H23N3O. The second-order valence-electron chi connectivity index (χ2n) is 6.90. The number of hydrogen-bond donors (Lipinski definition) is 0. The van der Waals surface area contributed by atoms with Crippen molar-refractivity contribution in [2.75, 3.05) is 13.1 Å². The van der Waals surface area contributed by atoms with Gasteiger partial charge in [-0.2, -0.15) is 0 Å². The maximum Gasteiger partial charge on any atom is 0.223 e. The van der Waals surface area contributed by atoms with Gasteiger partial charge in [0, 0.05) is 25.4 Å². The molecule has 0 radical (unpaired) electrons. The number of aromatic nitrogens is 2. The first kappa shape index (κ1) is 16.6. The van der Waals surface area contributed by atoms with Gasteiger partial charge in [0.2, 0.25) is 5.91 Å². The molecule has 4 rings (SSSR count). The lowest BCUT2D eigenvalue weighted by Gasteiger charge is -2.21. The van der Waals surface area contributed by atoms with Gasteiger partial charge >= 0.3 is 0 Å². The number of hydrogen-bond acceptors (Lipinski definition) is 2. The number of amides is 1. The van der Waals surface area contributed by atoms with Gasteiger partial charge in [-0.25, -0.2) is 4.98 Å². The summed E-state index contributed by atoms with van der Waals surface area (Å²) in [5.41, 5.74) is 3.34. The SMILES string of the molecule is C=CCN1C[C@H](c2nc3ccccc3n2[C@H](C)c2ccccc2)CC1=O. The zero-order chi connectivity index (χ0) is 18.1. The van der Waals surface area contributed by atoms with Gasteiger partial charge in [0.15, 0.2) is 0 Å². The molecule has 1 aliphatic rings. The maximum absolute atomic E-state index is 12.4. The normalized spacial score (nSPS) is 18.4. The van der Waals surface area contributed by atoms with Crippen molar-refractivity contribution in [1.82, 2.24) is 14.5 Å². The van der Waals surface area contributed by atoms with E-state index in [0.717, 1.165) is 16.9 Å². The van der Waals surface area contributed by atoms with Crippen molar-refractivity contribution in [3.05, 3.63) is 78.6 Å². The lowest BCUT2D eigenvalue weighted by Crippen LogP contribution is -2.25. The molecule has 2 heterocycles. The molecule has 0 unspecified atom stereocenters. The van der Waals surface area contributed by atoms with Crippen LogP contribution in [0.15, 0.2) is 67.3 Å². The third-order valence-corrected chi connectivity index (χ3v) is 5.22. The first-order valence-electron chi connectivity index (χ1n) is 9.09. The fraction of sp³-hybridized carbons (Fsp3) is 0.273. The molecule has 1 aromatic heterocycles. The lowest BCUT2D eigenvalue weighted by atomic mass is 10.0. The van der Waals surface area contributed by atoms with Gasteiger partial charge in [-0.15, -0.1) is 6.58 Å². The van der Waals surface area contributed by atoms with Crippen LogP contribution < -0.4 is 0 Å². The summed E-state index contributed by atoms with van der Waals surface area (Å²) < 4.78 is 2.31. The first-order valence-corrected chi connectivity index (χ1v) is 9.09. The molecule has 2 aromatic carbocycles. The molecule has 132 valence electrons. The van der Waals surface area contributed by atoms with Crippen LogP contribution in [0, 0.1) is 0 Å². The van der Waals surface area contributed by atoms with Crippen LogP contribution in [0.2, 0.25) is 0 Å². The highest BCUT2D eigenvalue weighted by molar-refractivity contribution is 5.81. The van der Waals surface area contributed by atoms with Gasteiger partial charge in [0.1, 0.15) is 5.82 Å². The second-order valence-corrected chi connectivity index (χ2v) is 6.90. The standard InChI is InChI=1S/C22H23N3O/c1-3-13-24-15-18(14-21(24)26)22-23-19-11-7-8-12-20(19)25(22)16(2)17-9-5-4-6-10-17/h3-12,16,18H,1,13-15H2,2H3/t16-,18-/m1/s1. The molecule has 1 amide bonds. The van der Waals surface area contributed by atoms with E-state index in [0.29, 0.717) is 19.5 Å². The van der Waals surface area contributed by atoms with Crippen molar-refractivity contribution in [2.24, 2.45) is 0 Å². The minimum Gasteiger partial charge on any atom is -0.338 e. The predicted molar refractivity (Wildman–Crippen MR) is 104 cm³/mol. The highest BCUT2D eigenvalue weighted by Gasteiger charge is 2.34. The molecule has 0 N–H and O–H groups in total. The minimum absolute atomic E-state index is 0.112. The van der Waals surface area contributed by atoms with E-state index in [9.17, 15) is 4.79 Å². The van der Waals surface area contributed by atoms with Gasteiger partial charge in [-0.05, 0) is 24.6 Å². The van der Waals surface area contributed by atoms with E-state index in [4.69, 9.17) is 4.98 Å². The van der Waals surface area contributed by atoms with Crippen LogP contribution in [0.5, 0.6) is 0 Å². The Morgan fingerprint density at radius 1 is 1.19 bits per heavy atom. The van der Waals surface area contributed by atoms with Crippen LogP contribution in [0.25, 0.3) is 11.0 Å². The molecule has 4 heteroatoms. The fourth-order valence-corrected chi connectivity index (χ4v) is 3.92. The number of carbonyl (C=O) groups excluding carboxylic acids is 1. The van der Waals surface area contributed by atoms with E-state index >= 15 is 0 Å². The lowest BCUT2D eigenvalue weighted by molar-refractivity contribution is -0.127. The number of imidazole rings is 1. The van der Waals surface area contributed by atoms with Gasteiger partial charge < -0.3 is 9.47 Å². The van der Waals surface area contributed by atoms with Gasteiger partial charge in [0.05, 0.1) is 17.1 Å². The number of para-hydroxylation sites is 2. The summed E-state index contributed by atoms with van der Waals surface area (Å²) in [6, 6.07) is 18.8. The molecule has 2 atom stereocenters. The van der Waals surface area contributed by atoms with Gasteiger partial charge in [-0.1, -0.05) is 48.5 Å². The number of fused-ring (bicyclic) bond motifs is 1. The summed E-state index contributed by atoms with van der Waals surface area (Å²) in [4.78, 5) is 19.2. The monoisotopic (exact) mass is 345 g/mol. The summed E-state index contributed by atoms with van der Waals surface area (Å²) in [5.74, 6) is 1.30. The van der Waals surface area contributed by atoms with Crippen molar-refractivity contribution in [3.8, 4) is 0 Å². The van der Waals surface area contributed by atoms with E-state index < -0.39 is 0 Å². The average Bonchev–Trinajstić information content (AvgIpc) is 3.23. The summed E-state index contributed by atoms with van der Waals surface area (Å²) in [6.07, 6.45) is 2.30. The molecule has 1 saturated heterocycles. The summed E-state index contributed by atoms with van der Waals surface area (Å²) in [7, 11) is 0. The molecule has 1 aliphatic heterocycles. The molecule has 0 saturated carbocycles. The van der Waals surface area contributed by atoms with Crippen LogP contribution >= 0.6 is 0 Å². The largest absolute Gasteiger partial charge is 0.338 e. The Kier molecular flexibility index (Phi) is 4.33.